The van der Waals surface area contributed by atoms with E-state index in [0.717, 1.165) is 31.7 Å². The van der Waals surface area contributed by atoms with Crippen LogP contribution in [0.15, 0.2) is 29.6 Å². The van der Waals surface area contributed by atoms with Crippen molar-refractivity contribution in [2.24, 2.45) is 0 Å². The third-order valence-electron chi connectivity index (χ3n) is 4.65. The summed E-state index contributed by atoms with van der Waals surface area (Å²) in [6.07, 6.45) is 0. The summed E-state index contributed by atoms with van der Waals surface area (Å²) >= 11 is 7.63. The van der Waals surface area contributed by atoms with E-state index in [9.17, 15) is 9.59 Å². The molecule has 0 aliphatic carbocycles. The molecule has 28 heavy (non-hydrogen) atoms. The number of rotatable bonds is 6. The van der Waals surface area contributed by atoms with Crippen molar-refractivity contribution in [2.45, 2.75) is 6.92 Å². The molecule has 1 amide bonds. The largest absolute Gasteiger partial charge is 0.462 e. The molecule has 1 fully saturated rings. The summed E-state index contributed by atoms with van der Waals surface area (Å²) in [5.41, 5.74) is 1.76. The van der Waals surface area contributed by atoms with Crippen LogP contribution in [-0.4, -0.2) is 68.1 Å². The second-order valence-electron chi connectivity index (χ2n) is 6.68. The fourth-order valence-corrected chi connectivity index (χ4v) is 4.31. The van der Waals surface area contributed by atoms with Gasteiger partial charge in [-0.3, -0.25) is 9.69 Å². The molecule has 6 nitrogen and oxygen atoms in total. The van der Waals surface area contributed by atoms with Gasteiger partial charge in [-0.25, -0.2) is 4.79 Å². The normalized spacial score (nSPS) is 15.4. The summed E-state index contributed by atoms with van der Waals surface area (Å²) in [7, 11) is 2.07. The Morgan fingerprint density at radius 3 is 2.57 bits per heavy atom. The first-order valence-corrected chi connectivity index (χ1v) is 10.5. The monoisotopic (exact) mass is 421 g/mol. The van der Waals surface area contributed by atoms with Crippen molar-refractivity contribution in [3.05, 3.63) is 40.2 Å². The van der Waals surface area contributed by atoms with Gasteiger partial charge in [-0.1, -0.05) is 29.8 Å². The van der Waals surface area contributed by atoms with E-state index in [-0.39, 0.29) is 12.5 Å². The van der Waals surface area contributed by atoms with Gasteiger partial charge in [-0.15, -0.1) is 11.3 Å². The van der Waals surface area contributed by atoms with Gasteiger partial charge < -0.3 is 15.0 Å². The van der Waals surface area contributed by atoms with Crippen molar-refractivity contribution in [3.63, 3.8) is 0 Å². The van der Waals surface area contributed by atoms with Gasteiger partial charge in [0.2, 0.25) is 5.91 Å². The van der Waals surface area contributed by atoms with Gasteiger partial charge in [0.15, 0.2) is 0 Å². The van der Waals surface area contributed by atoms with Crippen LogP contribution in [0.25, 0.3) is 11.1 Å². The molecule has 1 saturated heterocycles. The molecule has 1 aliphatic heterocycles. The number of esters is 1. The smallest absolute Gasteiger partial charge is 0.341 e. The van der Waals surface area contributed by atoms with E-state index in [2.05, 4.69) is 22.2 Å². The highest BCUT2D eigenvalue weighted by molar-refractivity contribution is 7.15. The Morgan fingerprint density at radius 1 is 1.18 bits per heavy atom. The number of piperazine rings is 1. The van der Waals surface area contributed by atoms with Gasteiger partial charge in [0.05, 0.1) is 13.2 Å². The Bertz CT molecular complexity index is 847. The van der Waals surface area contributed by atoms with Crippen LogP contribution >= 0.6 is 22.9 Å². The first kappa shape index (κ1) is 20.8. The van der Waals surface area contributed by atoms with Crippen molar-refractivity contribution in [3.8, 4) is 11.1 Å². The molecule has 0 radical (unpaired) electrons. The molecule has 8 heteroatoms. The number of thiophene rings is 1. The van der Waals surface area contributed by atoms with Crippen LogP contribution in [0.4, 0.5) is 5.00 Å². The second-order valence-corrected chi connectivity index (χ2v) is 7.97. The summed E-state index contributed by atoms with van der Waals surface area (Å²) in [4.78, 5) is 29.5. The molecule has 0 atom stereocenters. The first-order valence-electron chi connectivity index (χ1n) is 9.23. The number of benzene rings is 1. The fraction of sp³-hybridized carbons (Fsp3) is 0.400. The Balaban J connectivity index is 1.81. The predicted molar refractivity (Wildman–Crippen MR) is 113 cm³/mol. The molecule has 1 aromatic carbocycles. The summed E-state index contributed by atoms with van der Waals surface area (Å²) in [5, 5.41) is 5.77. The highest BCUT2D eigenvalue weighted by Crippen LogP contribution is 2.39. The van der Waals surface area contributed by atoms with E-state index in [1.165, 1.54) is 11.3 Å². The fourth-order valence-electron chi connectivity index (χ4n) is 3.11. The van der Waals surface area contributed by atoms with Crippen molar-refractivity contribution in [1.29, 1.82) is 0 Å². The highest BCUT2D eigenvalue weighted by atomic mass is 35.5. The summed E-state index contributed by atoms with van der Waals surface area (Å²) in [6, 6.07) is 7.32. The maximum atomic E-state index is 12.6. The summed E-state index contributed by atoms with van der Waals surface area (Å²) in [5.74, 6) is -0.601. The lowest BCUT2D eigenvalue weighted by Crippen LogP contribution is -2.47. The molecule has 0 saturated carbocycles. The number of hydrogen-bond acceptors (Lipinski definition) is 6. The Morgan fingerprint density at radius 2 is 1.89 bits per heavy atom. The van der Waals surface area contributed by atoms with Crippen molar-refractivity contribution < 1.29 is 14.3 Å². The van der Waals surface area contributed by atoms with E-state index in [4.69, 9.17) is 16.3 Å². The zero-order chi connectivity index (χ0) is 20.1. The lowest BCUT2D eigenvalue weighted by Gasteiger charge is -2.31. The molecule has 2 heterocycles. The average Bonchev–Trinajstić information content (AvgIpc) is 3.07. The van der Waals surface area contributed by atoms with Crippen LogP contribution in [0.2, 0.25) is 5.02 Å². The van der Waals surface area contributed by atoms with Crippen LogP contribution in [0.3, 0.4) is 0 Å². The van der Waals surface area contributed by atoms with Crippen LogP contribution < -0.4 is 5.32 Å². The van der Waals surface area contributed by atoms with Gasteiger partial charge in [0.25, 0.3) is 0 Å². The van der Waals surface area contributed by atoms with Gasteiger partial charge in [0.1, 0.15) is 10.6 Å². The maximum Gasteiger partial charge on any atom is 0.341 e. The molecule has 3 rings (SSSR count). The minimum atomic E-state index is -0.464. The summed E-state index contributed by atoms with van der Waals surface area (Å²) < 4.78 is 5.23. The first-order chi connectivity index (χ1) is 13.5. The molecule has 2 aromatic rings. The van der Waals surface area contributed by atoms with Gasteiger partial charge in [-0.2, -0.15) is 0 Å². The molecule has 0 bridgehead atoms. The number of likely N-dealkylation sites (N-methyl/N-ethyl adjacent to an activating group) is 1. The number of carbonyl (C=O) groups excluding carboxylic acids is 2. The Hall–Kier alpha value is -1.93. The SMILES string of the molecule is CCOC(=O)c1c(-c2ccccc2Cl)csc1NC(=O)CN1CCN(C)CC1. The van der Waals surface area contributed by atoms with Crippen LogP contribution in [0, 0.1) is 0 Å². The number of anilines is 1. The van der Waals surface area contributed by atoms with Crippen molar-refractivity contribution in [1.82, 2.24) is 9.80 Å². The van der Waals surface area contributed by atoms with E-state index in [1.54, 1.807) is 13.0 Å². The number of ether oxygens (including phenoxy) is 1. The predicted octanol–water partition coefficient (Wildman–Crippen LogP) is 3.43. The lowest BCUT2D eigenvalue weighted by molar-refractivity contribution is -0.117. The average molecular weight is 422 g/mol. The van der Waals surface area contributed by atoms with E-state index < -0.39 is 5.97 Å². The lowest BCUT2D eigenvalue weighted by atomic mass is 10.0. The second kappa shape index (κ2) is 9.52. The number of hydrogen-bond donors (Lipinski definition) is 1. The maximum absolute atomic E-state index is 12.6. The molecule has 1 N–H and O–H groups in total. The minimum absolute atomic E-state index is 0.136. The van der Waals surface area contributed by atoms with E-state index >= 15 is 0 Å². The van der Waals surface area contributed by atoms with Crippen molar-refractivity contribution in [2.75, 3.05) is 51.7 Å². The Labute approximate surface area is 174 Å². The Kier molecular flexibility index (Phi) is 7.07. The third kappa shape index (κ3) is 4.91. The van der Waals surface area contributed by atoms with Crippen LogP contribution in [0.1, 0.15) is 17.3 Å². The molecular weight excluding hydrogens is 398 g/mol. The molecule has 0 unspecified atom stereocenters. The highest BCUT2D eigenvalue weighted by Gasteiger charge is 2.24. The molecule has 0 spiro atoms. The molecule has 1 aliphatic rings. The van der Waals surface area contributed by atoms with E-state index in [0.29, 0.717) is 27.7 Å². The standard InChI is InChI=1S/C20H24ClN3O3S/c1-3-27-20(26)18-15(14-6-4-5-7-16(14)21)13-28-19(18)22-17(25)12-24-10-8-23(2)9-11-24/h4-7,13H,3,8-12H2,1-2H3,(H,22,25). The molecular formula is C20H24ClN3O3S. The van der Waals surface area contributed by atoms with E-state index in [1.807, 2.05) is 23.6 Å². The number of halogens is 1. The van der Waals surface area contributed by atoms with Gasteiger partial charge in [-0.05, 0) is 20.0 Å². The van der Waals surface area contributed by atoms with Gasteiger partial charge in [0, 0.05) is 47.7 Å². The number of amides is 1. The molecule has 1 aromatic heterocycles. The number of nitrogens with one attached hydrogen (secondary N) is 1. The summed E-state index contributed by atoms with van der Waals surface area (Å²) in [6.45, 7) is 5.90. The zero-order valence-corrected chi connectivity index (χ0v) is 17.6. The quantitative estimate of drug-likeness (QED) is 0.724. The minimum Gasteiger partial charge on any atom is -0.462 e. The number of carbonyl (C=O) groups is 2. The van der Waals surface area contributed by atoms with Crippen molar-refractivity contribution >= 4 is 39.8 Å². The molecule has 150 valence electrons. The third-order valence-corrected chi connectivity index (χ3v) is 5.88. The van der Waals surface area contributed by atoms with Crippen LogP contribution in [-0.2, 0) is 9.53 Å². The number of nitrogens with zero attached hydrogens (tertiary/aromatic N) is 2. The topological polar surface area (TPSA) is 61.9 Å². The zero-order valence-electron chi connectivity index (χ0n) is 16.0. The van der Waals surface area contributed by atoms with Gasteiger partial charge >= 0.3 is 5.97 Å². The van der Waals surface area contributed by atoms with Crippen LogP contribution in [0.5, 0.6) is 0 Å².